The number of morpholine rings is 1. The van der Waals surface area contributed by atoms with E-state index in [0.29, 0.717) is 24.8 Å². The number of pyridine rings is 1. The number of carbonyl (C=O) groups is 1. The van der Waals surface area contributed by atoms with Crippen molar-refractivity contribution in [2.75, 3.05) is 31.2 Å². The zero-order chi connectivity index (χ0) is 18.6. The number of anilines is 1. The van der Waals surface area contributed by atoms with Gasteiger partial charge < -0.3 is 19.5 Å². The molecule has 1 amide bonds. The van der Waals surface area contributed by atoms with E-state index in [1.165, 1.54) is 0 Å². The molecule has 2 aromatic heterocycles. The van der Waals surface area contributed by atoms with Crippen LogP contribution in [-0.2, 0) is 22.6 Å². The number of carbonyl (C=O) groups excluding carboxylic acids is 1. The fourth-order valence-corrected chi connectivity index (χ4v) is 3.29. The third kappa shape index (κ3) is 4.23. The monoisotopic (exact) mass is 384 g/mol. The van der Waals surface area contributed by atoms with E-state index in [1.54, 1.807) is 0 Å². The normalized spacial score (nSPS) is 14.5. The van der Waals surface area contributed by atoms with Gasteiger partial charge in [-0.2, -0.15) is 0 Å². The highest BCUT2D eigenvalue weighted by molar-refractivity contribution is 6.30. The van der Waals surface area contributed by atoms with Crippen molar-refractivity contribution in [3.8, 4) is 0 Å². The van der Waals surface area contributed by atoms with E-state index in [9.17, 15) is 4.79 Å². The number of rotatable bonds is 5. The molecule has 3 aromatic rings. The molecule has 1 saturated heterocycles. The first-order valence-corrected chi connectivity index (χ1v) is 9.36. The first kappa shape index (κ1) is 17.8. The van der Waals surface area contributed by atoms with Gasteiger partial charge in [0.1, 0.15) is 18.0 Å². The second kappa shape index (κ2) is 7.98. The van der Waals surface area contributed by atoms with Gasteiger partial charge in [-0.25, -0.2) is 4.98 Å². The third-order valence-corrected chi connectivity index (χ3v) is 4.90. The molecule has 0 unspecified atom stereocenters. The number of halogens is 1. The number of amides is 1. The summed E-state index contributed by atoms with van der Waals surface area (Å²) in [7, 11) is 0. The zero-order valence-corrected chi connectivity index (χ0v) is 15.7. The number of hydrogen-bond acceptors (Lipinski definition) is 4. The van der Waals surface area contributed by atoms with Gasteiger partial charge in [-0.15, -0.1) is 0 Å². The maximum atomic E-state index is 12.4. The Hall–Kier alpha value is -2.57. The van der Waals surface area contributed by atoms with Gasteiger partial charge in [0.25, 0.3) is 0 Å². The molecule has 0 aliphatic carbocycles. The van der Waals surface area contributed by atoms with Gasteiger partial charge in [-0.05, 0) is 35.9 Å². The zero-order valence-electron chi connectivity index (χ0n) is 14.9. The highest BCUT2D eigenvalue weighted by Crippen LogP contribution is 2.20. The van der Waals surface area contributed by atoms with Gasteiger partial charge in [0.15, 0.2) is 0 Å². The first-order valence-electron chi connectivity index (χ1n) is 8.99. The molecule has 3 heterocycles. The Bertz CT molecular complexity index is 933. The Kier molecular flexibility index (Phi) is 5.27. The summed E-state index contributed by atoms with van der Waals surface area (Å²) in [6.07, 6.45) is 1.91. The van der Waals surface area contributed by atoms with Crippen molar-refractivity contribution in [1.29, 1.82) is 0 Å². The highest BCUT2D eigenvalue weighted by atomic mass is 35.5. The number of ether oxygens (including phenoxy) is 1. The van der Waals surface area contributed by atoms with Crippen LogP contribution in [0.15, 0.2) is 48.7 Å². The molecule has 1 aliphatic heterocycles. The van der Waals surface area contributed by atoms with E-state index in [2.05, 4.69) is 16.3 Å². The number of nitrogens with zero attached hydrogens (tertiary/aromatic N) is 3. The minimum atomic E-state index is -0.0546. The summed E-state index contributed by atoms with van der Waals surface area (Å²) in [6.45, 7) is 3.81. The lowest BCUT2D eigenvalue weighted by Crippen LogP contribution is -2.36. The first-order chi connectivity index (χ1) is 13.2. The summed E-state index contributed by atoms with van der Waals surface area (Å²) in [5.41, 5.74) is 1.83. The van der Waals surface area contributed by atoms with Crippen LogP contribution in [0.3, 0.4) is 0 Å². The SMILES string of the molecule is O=C(Cn1ccc2ccc(N3CCOCC3)nc21)NCc1ccc(Cl)cc1. The number of fused-ring (bicyclic) bond motifs is 1. The van der Waals surface area contributed by atoms with E-state index in [0.717, 1.165) is 35.5 Å². The lowest BCUT2D eigenvalue weighted by atomic mass is 10.2. The summed E-state index contributed by atoms with van der Waals surface area (Å²) < 4.78 is 7.29. The molecule has 1 aromatic carbocycles. The summed E-state index contributed by atoms with van der Waals surface area (Å²) in [4.78, 5) is 19.4. The number of benzene rings is 1. The predicted octanol–water partition coefficient (Wildman–Crippen LogP) is 2.84. The molecule has 0 saturated carbocycles. The maximum Gasteiger partial charge on any atom is 0.240 e. The lowest BCUT2D eigenvalue weighted by molar-refractivity contribution is -0.121. The Labute approximate surface area is 162 Å². The molecule has 0 spiro atoms. The van der Waals surface area contributed by atoms with Crippen LogP contribution in [0.5, 0.6) is 0 Å². The molecule has 140 valence electrons. The fourth-order valence-electron chi connectivity index (χ4n) is 3.16. The third-order valence-electron chi connectivity index (χ3n) is 4.65. The van der Waals surface area contributed by atoms with E-state index in [4.69, 9.17) is 21.3 Å². The summed E-state index contributed by atoms with van der Waals surface area (Å²) >= 11 is 5.89. The highest BCUT2D eigenvalue weighted by Gasteiger charge is 2.14. The number of hydrogen-bond donors (Lipinski definition) is 1. The van der Waals surface area contributed by atoms with Crippen molar-refractivity contribution >= 4 is 34.4 Å². The quantitative estimate of drug-likeness (QED) is 0.734. The van der Waals surface area contributed by atoms with E-state index < -0.39 is 0 Å². The molecular weight excluding hydrogens is 364 g/mol. The molecule has 4 rings (SSSR count). The van der Waals surface area contributed by atoms with E-state index in [-0.39, 0.29) is 12.5 Å². The second-order valence-corrected chi connectivity index (χ2v) is 6.96. The molecule has 0 bridgehead atoms. The molecule has 0 atom stereocenters. The van der Waals surface area contributed by atoms with Crippen molar-refractivity contribution in [3.63, 3.8) is 0 Å². The number of nitrogens with one attached hydrogen (secondary N) is 1. The molecule has 1 fully saturated rings. The Morgan fingerprint density at radius 1 is 1.11 bits per heavy atom. The van der Waals surface area contributed by atoms with Gasteiger partial charge in [0.05, 0.1) is 13.2 Å². The number of aromatic nitrogens is 2. The maximum absolute atomic E-state index is 12.4. The van der Waals surface area contributed by atoms with Gasteiger partial charge in [0, 0.05) is 36.2 Å². The van der Waals surface area contributed by atoms with Gasteiger partial charge in [-0.3, -0.25) is 4.79 Å². The van der Waals surface area contributed by atoms with Crippen LogP contribution < -0.4 is 10.2 Å². The van der Waals surface area contributed by atoms with Crippen molar-refractivity contribution in [2.24, 2.45) is 0 Å². The lowest BCUT2D eigenvalue weighted by Gasteiger charge is -2.27. The van der Waals surface area contributed by atoms with Crippen LogP contribution >= 0.6 is 11.6 Å². The van der Waals surface area contributed by atoms with Crippen molar-refractivity contribution in [2.45, 2.75) is 13.1 Å². The Balaban J connectivity index is 1.44. The van der Waals surface area contributed by atoms with Gasteiger partial charge in [-0.1, -0.05) is 23.7 Å². The van der Waals surface area contributed by atoms with Crippen LogP contribution in [0.25, 0.3) is 11.0 Å². The minimum Gasteiger partial charge on any atom is -0.378 e. The summed E-state index contributed by atoms with van der Waals surface area (Å²) in [5, 5.41) is 4.65. The van der Waals surface area contributed by atoms with Crippen LogP contribution in [0, 0.1) is 0 Å². The smallest absolute Gasteiger partial charge is 0.240 e. The van der Waals surface area contributed by atoms with Crippen molar-refractivity contribution in [3.05, 3.63) is 59.2 Å². The molecular formula is C20H21ClN4O2. The Morgan fingerprint density at radius 3 is 2.67 bits per heavy atom. The van der Waals surface area contributed by atoms with Gasteiger partial charge >= 0.3 is 0 Å². The second-order valence-electron chi connectivity index (χ2n) is 6.53. The molecule has 1 N–H and O–H groups in total. The molecule has 0 radical (unpaired) electrons. The van der Waals surface area contributed by atoms with Crippen LogP contribution in [0.1, 0.15) is 5.56 Å². The minimum absolute atomic E-state index is 0.0546. The Morgan fingerprint density at radius 2 is 1.89 bits per heavy atom. The van der Waals surface area contributed by atoms with Gasteiger partial charge in [0.2, 0.25) is 5.91 Å². The van der Waals surface area contributed by atoms with Crippen molar-refractivity contribution < 1.29 is 9.53 Å². The average Bonchev–Trinajstić information content (AvgIpc) is 3.10. The molecule has 7 heteroatoms. The standard InChI is InChI=1S/C20H21ClN4O2/c21-17-4-1-15(2-5-17)13-22-19(26)14-25-8-7-16-3-6-18(23-20(16)25)24-9-11-27-12-10-24/h1-8H,9-14H2,(H,22,26). The fraction of sp³-hybridized carbons (Fsp3) is 0.300. The van der Waals surface area contributed by atoms with E-state index >= 15 is 0 Å². The van der Waals surface area contributed by atoms with E-state index in [1.807, 2.05) is 47.2 Å². The molecule has 1 aliphatic rings. The summed E-state index contributed by atoms with van der Waals surface area (Å²) in [5.74, 6) is 0.869. The van der Waals surface area contributed by atoms with Crippen molar-refractivity contribution in [1.82, 2.24) is 14.9 Å². The topological polar surface area (TPSA) is 59.4 Å². The van der Waals surface area contributed by atoms with Crippen LogP contribution in [-0.4, -0.2) is 41.8 Å². The largest absolute Gasteiger partial charge is 0.378 e. The predicted molar refractivity (Wildman–Crippen MR) is 106 cm³/mol. The molecule has 6 nitrogen and oxygen atoms in total. The summed E-state index contributed by atoms with van der Waals surface area (Å²) in [6, 6.07) is 13.5. The van der Waals surface area contributed by atoms with Crippen LogP contribution in [0.4, 0.5) is 5.82 Å². The average molecular weight is 385 g/mol. The molecule has 27 heavy (non-hydrogen) atoms. The van der Waals surface area contributed by atoms with Crippen LogP contribution in [0.2, 0.25) is 5.02 Å².